The van der Waals surface area contributed by atoms with E-state index in [2.05, 4.69) is 10.6 Å². The van der Waals surface area contributed by atoms with Crippen molar-refractivity contribution in [3.63, 3.8) is 0 Å². The summed E-state index contributed by atoms with van der Waals surface area (Å²) in [6.45, 7) is 0.747. The summed E-state index contributed by atoms with van der Waals surface area (Å²) >= 11 is 5.67. The van der Waals surface area contributed by atoms with Crippen molar-refractivity contribution in [2.24, 2.45) is 7.05 Å². The second-order valence-corrected chi connectivity index (χ2v) is 6.23. The molecule has 1 saturated heterocycles. The first-order chi connectivity index (χ1) is 11.5. The molecular formula is C16H19ClN4O3. The fourth-order valence-corrected chi connectivity index (χ4v) is 3.14. The van der Waals surface area contributed by atoms with Gasteiger partial charge in [-0.1, -0.05) is 0 Å². The third kappa shape index (κ3) is 2.91. The highest BCUT2D eigenvalue weighted by Crippen LogP contribution is 2.24. The molecule has 24 heavy (non-hydrogen) atoms. The van der Waals surface area contributed by atoms with Crippen molar-refractivity contribution >= 4 is 40.1 Å². The molecule has 1 unspecified atom stereocenters. The van der Waals surface area contributed by atoms with Gasteiger partial charge in [0.15, 0.2) is 0 Å². The van der Waals surface area contributed by atoms with Gasteiger partial charge >= 0.3 is 5.69 Å². The lowest BCUT2D eigenvalue weighted by Gasteiger charge is -2.21. The molecule has 2 amide bonds. The van der Waals surface area contributed by atoms with E-state index in [0.29, 0.717) is 17.8 Å². The molecular weight excluding hydrogens is 332 g/mol. The third-order valence-corrected chi connectivity index (χ3v) is 4.52. The highest BCUT2D eigenvalue weighted by Gasteiger charge is 2.31. The Morgan fingerprint density at radius 2 is 2.08 bits per heavy atom. The Morgan fingerprint density at radius 1 is 1.29 bits per heavy atom. The van der Waals surface area contributed by atoms with Crippen LogP contribution >= 0.6 is 11.6 Å². The summed E-state index contributed by atoms with van der Waals surface area (Å²) in [6, 6.07) is 4.92. The molecule has 8 heteroatoms. The van der Waals surface area contributed by atoms with Crippen molar-refractivity contribution in [2.45, 2.75) is 25.3 Å². The molecule has 2 aromatic rings. The van der Waals surface area contributed by atoms with Gasteiger partial charge in [0.05, 0.1) is 11.0 Å². The van der Waals surface area contributed by atoms with Crippen LogP contribution in [-0.4, -0.2) is 33.4 Å². The number of aromatic nitrogens is 2. The average Bonchev–Trinajstić information content (AvgIpc) is 2.80. The predicted octanol–water partition coefficient (Wildman–Crippen LogP) is 1.36. The monoisotopic (exact) mass is 350 g/mol. The van der Waals surface area contributed by atoms with E-state index in [1.165, 1.54) is 9.13 Å². The number of alkyl halides is 1. The molecule has 0 spiro atoms. The summed E-state index contributed by atoms with van der Waals surface area (Å²) in [7, 11) is 1.68. The number of piperidine rings is 1. The minimum Gasteiger partial charge on any atom is -0.385 e. The van der Waals surface area contributed by atoms with Crippen LogP contribution in [0, 0.1) is 0 Å². The number of imidazole rings is 1. The Labute approximate surface area is 143 Å². The number of hydrogen-bond acceptors (Lipinski definition) is 4. The lowest BCUT2D eigenvalue weighted by Crippen LogP contribution is -2.44. The van der Waals surface area contributed by atoms with Crippen LogP contribution < -0.4 is 16.3 Å². The van der Waals surface area contributed by atoms with Crippen LogP contribution in [0.15, 0.2) is 23.0 Å². The van der Waals surface area contributed by atoms with Gasteiger partial charge in [-0.3, -0.25) is 24.0 Å². The molecule has 1 atom stereocenters. The van der Waals surface area contributed by atoms with Gasteiger partial charge in [0.1, 0.15) is 6.04 Å². The molecule has 1 aromatic carbocycles. The maximum atomic E-state index is 12.6. The number of aryl methyl sites for hydroxylation is 1. The van der Waals surface area contributed by atoms with Crippen molar-refractivity contribution in [3.8, 4) is 0 Å². The van der Waals surface area contributed by atoms with E-state index in [4.69, 9.17) is 11.6 Å². The van der Waals surface area contributed by atoms with Crippen LogP contribution in [0.1, 0.15) is 25.3 Å². The quantitative estimate of drug-likeness (QED) is 0.484. The Morgan fingerprint density at radius 3 is 2.79 bits per heavy atom. The van der Waals surface area contributed by atoms with Crippen LogP contribution in [0.4, 0.5) is 5.69 Å². The number of anilines is 1. The normalized spacial score (nSPS) is 18.0. The molecule has 0 radical (unpaired) electrons. The van der Waals surface area contributed by atoms with E-state index in [1.807, 2.05) is 18.2 Å². The zero-order chi connectivity index (χ0) is 17.3. The van der Waals surface area contributed by atoms with Crippen molar-refractivity contribution in [1.82, 2.24) is 14.5 Å². The van der Waals surface area contributed by atoms with Gasteiger partial charge in [-0.2, -0.15) is 0 Å². The Hall–Kier alpha value is -2.28. The van der Waals surface area contributed by atoms with Crippen LogP contribution in [0.2, 0.25) is 0 Å². The largest absolute Gasteiger partial charge is 0.385 e. The topological polar surface area (TPSA) is 85.1 Å². The maximum Gasteiger partial charge on any atom is 0.329 e. The number of nitrogens with one attached hydrogen (secondary N) is 2. The zero-order valence-electron chi connectivity index (χ0n) is 13.3. The standard InChI is InChI=1S/C16H19ClN4O3/c1-20-13-9-10(18-8-2-7-17)3-4-11(13)21(16(20)24)12-5-6-14(22)19-15(12)23/h3-4,9,12,18H,2,5-8H2,1H3,(H,19,22,23). The highest BCUT2D eigenvalue weighted by molar-refractivity contribution is 6.17. The summed E-state index contributed by atoms with van der Waals surface area (Å²) < 4.78 is 2.99. The summed E-state index contributed by atoms with van der Waals surface area (Å²) in [5, 5.41) is 5.56. The predicted molar refractivity (Wildman–Crippen MR) is 92.4 cm³/mol. The van der Waals surface area contributed by atoms with Crippen LogP contribution in [0.5, 0.6) is 0 Å². The average molecular weight is 351 g/mol. The number of nitrogens with zero attached hydrogens (tertiary/aromatic N) is 2. The van der Waals surface area contributed by atoms with Crippen LogP contribution in [-0.2, 0) is 16.6 Å². The fourth-order valence-electron chi connectivity index (χ4n) is 3.00. The molecule has 2 heterocycles. The van der Waals surface area contributed by atoms with Crippen molar-refractivity contribution in [1.29, 1.82) is 0 Å². The van der Waals surface area contributed by atoms with Gasteiger partial charge in [0, 0.05) is 31.6 Å². The Balaban J connectivity index is 2.00. The molecule has 1 fully saturated rings. The molecule has 2 N–H and O–H groups in total. The number of amides is 2. The fraction of sp³-hybridized carbons (Fsp3) is 0.438. The van der Waals surface area contributed by atoms with Gasteiger partial charge in [-0.05, 0) is 31.0 Å². The number of rotatable bonds is 5. The van der Waals surface area contributed by atoms with Gasteiger partial charge in [-0.15, -0.1) is 11.6 Å². The molecule has 3 rings (SSSR count). The number of carbonyl (C=O) groups is 2. The van der Waals surface area contributed by atoms with E-state index in [0.717, 1.165) is 24.2 Å². The van der Waals surface area contributed by atoms with E-state index >= 15 is 0 Å². The van der Waals surface area contributed by atoms with E-state index in [-0.39, 0.29) is 18.0 Å². The number of imide groups is 1. The Kier molecular flexibility index (Phi) is 4.62. The molecule has 7 nitrogen and oxygen atoms in total. The minimum atomic E-state index is -0.658. The number of halogens is 1. The number of carbonyl (C=O) groups excluding carboxylic acids is 2. The number of hydrogen-bond donors (Lipinski definition) is 2. The first-order valence-electron chi connectivity index (χ1n) is 7.87. The van der Waals surface area contributed by atoms with Crippen molar-refractivity contribution in [3.05, 3.63) is 28.7 Å². The maximum absolute atomic E-state index is 12.6. The lowest BCUT2D eigenvalue weighted by molar-refractivity contribution is -0.135. The van der Waals surface area contributed by atoms with Crippen LogP contribution in [0.25, 0.3) is 11.0 Å². The first-order valence-corrected chi connectivity index (χ1v) is 8.41. The second-order valence-electron chi connectivity index (χ2n) is 5.85. The molecule has 0 aliphatic carbocycles. The second kappa shape index (κ2) is 6.68. The number of fused-ring (bicyclic) bond motifs is 1. The third-order valence-electron chi connectivity index (χ3n) is 4.25. The van der Waals surface area contributed by atoms with Gasteiger partial charge in [0.2, 0.25) is 11.8 Å². The summed E-state index contributed by atoms with van der Waals surface area (Å²) in [5.41, 5.74) is 2.04. The van der Waals surface area contributed by atoms with Crippen molar-refractivity contribution < 1.29 is 9.59 Å². The minimum absolute atomic E-state index is 0.233. The first kappa shape index (κ1) is 16.6. The van der Waals surface area contributed by atoms with E-state index in [1.54, 1.807) is 7.05 Å². The molecule has 1 aliphatic rings. The van der Waals surface area contributed by atoms with Gasteiger partial charge < -0.3 is 5.32 Å². The molecule has 128 valence electrons. The summed E-state index contributed by atoms with van der Waals surface area (Å²) in [6.07, 6.45) is 1.41. The van der Waals surface area contributed by atoms with E-state index < -0.39 is 11.9 Å². The van der Waals surface area contributed by atoms with Crippen molar-refractivity contribution in [2.75, 3.05) is 17.7 Å². The smallest absolute Gasteiger partial charge is 0.329 e. The van der Waals surface area contributed by atoms with Gasteiger partial charge in [0.25, 0.3) is 0 Å². The zero-order valence-corrected chi connectivity index (χ0v) is 14.1. The van der Waals surface area contributed by atoms with Crippen LogP contribution in [0.3, 0.4) is 0 Å². The molecule has 0 saturated carbocycles. The molecule has 1 aromatic heterocycles. The summed E-state index contributed by atoms with van der Waals surface area (Å²) in [4.78, 5) is 36.1. The lowest BCUT2D eigenvalue weighted by atomic mass is 10.1. The van der Waals surface area contributed by atoms with E-state index in [9.17, 15) is 14.4 Å². The SMILES string of the molecule is Cn1c(=O)n(C2CCC(=O)NC2=O)c2ccc(NCCCCl)cc21. The highest BCUT2D eigenvalue weighted by atomic mass is 35.5. The number of benzene rings is 1. The summed E-state index contributed by atoms with van der Waals surface area (Å²) in [5.74, 6) is -0.139. The van der Waals surface area contributed by atoms with Gasteiger partial charge in [-0.25, -0.2) is 4.79 Å². The molecule has 1 aliphatic heterocycles. The molecule has 0 bridgehead atoms. The Bertz CT molecular complexity index is 855.